The minimum atomic E-state index is -0.568. The number of nitrogens with two attached hydrogens (primary N) is 3. The number of carbonyl (C=O) groups is 1. The lowest BCUT2D eigenvalue weighted by atomic mass is 10.2. The highest BCUT2D eigenvalue weighted by atomic mass is 16.5. The molecule has 2 amide bonds. The molecule has 0 saturated carbocycles. The van der Waals surface area contributed by atoms with Crippen molar-refractivity contribution in [1.82, 2.24) is 0 Å². The molecular weight excluding hydrogens is 208 g/mol. The number of nitrogen functional groups attached to an aromatic ring is 2. The molecule has 0 unspecified atom stereocenters. The van der Waals surface area contributed by atoms with Crippen LogP contribution >= 0.6 is 0 Å². The maximum Gasteiger partial charge on any atom is 0.319 e. The molecule has 0 aliphatic rings. The van der Waals surface area contributed by atoms with E-state index in [1.165, 1.54) is 4.90 Å². The molecule has 6 heteroatoms. The van der Waals surface area contributed by atoms with Gasteiger partial charge in [0.15, 0.2) is 0 Å². The van der Waals surface area contributed by atoms with E-state index in [0.29, 0.717) is 30.2 Å². The van der Waals surface area contributed by atoms with Gasteiger partial charge in [-0.3, -0.25) is 4.90 Å². The molecule has 1 rings (SSSR count). The molecule has 0 spiro atoms. The van der Waals surface area contributed by atoms with Crippen LogP contribution in [0.1, 0.15) is 0 Å². The van der Waals surface area contributed by atoms with Crippen molar-refractivity contribution < 1.29 is 9.53 Å². The zero-order valence-electron chi connectivity index (χ0n) is 9.14. The van der Waals surface area contributed by atoms with Crippen LogP contribution < -0.4 is 22.1 Å². The van der Waals surface area contributed by atoms with Crippen molar-refractivity contribution in [3.63, 3.8) is 0 Å². The lowest BCUT2D eigenvalue weighted by Gasteiger charge is -2.20. The number of anilines is 3. The number of amides is 2. The third-order valence-corrected chi connectivity index (χ3v) is 2.06. The Morgan fingerprint density at radius 1 is 1.31 bits per heavy atom. The summed E-state index contributed by atoms with van der Waals surface area (Å²) in [6, 6.07) is 4.31. The van der Waals surface area contributed by atoms with Gasteiger partial charge >= 0.3 is 6.03 Å². The molecule has 1 aromatic rings. The van der Waals surface area contributed by atoms with Crippen LogP contribution in [0, 0.1) is 0 Å². The minimum absolute atomic E-state index is 0.356. The van der Waals surface area contributed by atoms with Crippen molar-refractivity contribution in [2.24, 2.45) is 5.73 Å². The van der Waals surface area contributed by atoms with Crippen LogP contribution in [-0.4, -0.2) is 26.3 Å². The molecular formula is C10H16N4O2. The molecule has 0 atom stereocenters. The number of rotatable bonds is 4. The average Bonchev–Trinajstić information content (AvgIpc) is 2.16. The van der Waals surface area contributed by atoms with E-state index >= 15 is 0 Å². The smallest absolute Gasteiger partial charge is 0.319 e. The zero-order chi connectivity index (χ0) is 12.1. The number of carbonyl (C=O) groups excluding carboxylic acids is 1. The summed E-state index contributed by atoms with van der Waals surface area (Å²) in [7, 11) is 1.55. The predicted molar refractivity (Wildman–Crippen MR) is 64.1 cm³/mol. The van der Waals surface area contributed by atoms with Gasteiger partial charge in [-0.05, 0) is 18.2 Å². The standard InChI is InChI=1S/C10H16N4O2/c1-16-3-2-14(10(13)15)9-5-7(11)4-8(12)6-9/h4-6H,2-3,11-12H2,1H3,(H2,13,15). The van der Waals surface area contributed by atoms with Gasteiger partial charge in [0.25, 0.3) is 0 Å². The highest BCUT2D eigenvalue weighted by Gasteiger charge is 2.12. The van der Waals surface area contributed by atoms with E-state index in [1.54, 1.807) is 25.3 Å². The van der Waals surface area contributed by atoms with E-state index in [-0.39, 0.29) is 0 Å². The monoisotopic (exact) mass is 224 g/mol. The van der Waals surface area contributed by atoms with Gasteiger partial charge in [0, 0.05) is 24.2 Å². The van der Waals surface area contributed by atoms with Gasteiger partial charge in [-0.1, -0.05) is 0 Å². The molecule has 0 aromatic heterocycles. The summed E-state index contributed by atoms with van der Waals surface area (Å²) < 4.78 is 4.89. The summed E-state index contributed by atoms with van der Waals surface area (Å²) in [4.78, 5) is 12.6. The summed E-state index contributed by atoms with van der Waals surface area (Å²) in [5.74, 6) is 0. The van der Waals surface area contributed by atoms with Crippen LogP contribution in [-0.2, 0) is 4.74 Å². The first-order valence-corrected chi connectivity index (χ1v) is 4.76. The van der Waals surface area contributed by atoms with Crippen molar-refractivity contribution in [1.29, 1.82) is 0 Å². The molecule has 0 aliphatic carbocycles. The summed E-state index contributed by atoms with van der Waals surface area (Å²) in [6.07, 6.45) is 0. The summed E-state index contributed by atoms with van der Waals surface area (Å²) in [6.45, 7) is 0.742. The van der Waals surface area contributed by atoms with Crippen molar-refractivity contribution >= 4 is 23.1 Å². The molecule has 16 heavy (non-hydrogen) atoms. The van der Waals surface area contributed by atoms with Crippen molar-refractivity contribution in [3.8, 4) is 0 Å². The van der Waals surface area contributed by atoms with E-state index in [0.717, 1.165) is 0 Å². The normalized spacial score (nSPS) is 10.1. The third kappa shape index (κ3) is 3.03. The minimum Gasteiger partial charge on any atom is -0.399 e. The average molecular weight is 224 g/mol. The highest BCUT2D eigenvalue weighted by molar-refractivity contribution is 5.91. The highest BCUT2D eigenvalue weighted by Crippen LogP contribution is 2.21. The number of methoxy groups -OCH3 is 1. The second-order valence-corrected chi connectivity index (χ2v) is 3.34. The molecule has 6 N–H and O–H groups in total. The lowest BCUT2D eigenvalue weighted by Crippen LogP contribution is -2.38. The van der Waals surface area contributed by atoms with Crippen LogP contribution in [0.5, 0.6) is 0 Å². The number of primary amides is 1. The molecule has 0 fully saturated rings. The Morgan fingerprint density at radius 2 is 1.88 bits per heavy atom. The fraction of sp³-hybridized carbons (Fsp3) is 0.300. The van der Waals surface area contributed by atoms with E-state index in [9.17, 15) is 4.79 Å². The fourth-order valence-electron chi connectivity index (χ4n) is 1.36. The second-order valence-electron chi connectivity index (χ2n) is 3.34. The van der Waals surface area contributed by atoms with Gasteiger partial charge in [0.2, 0.25) is 0 Å². The number of urea groups is 1. The molecule has 0 radical (unpaired) electrons. The van der Waals surface area contributed by atoms with Gasteiger partial charge in [0.1, 0.15) is 0 Å². The summed E-state index contributed by atoms with van der Waals surface area (Å²) >= 11 is 0. The Labute approximate surface area is 93.9 Å². The van der Waals surface area contributed by atoms with Crippen LogP contribution in [0.3, 0.4) is 0 Å². The fourth-order valence-corrected chi connectivity index (χ4v) is 1.36. The maximum atomic E-state index is 11.2. The SMILES string of the molecule is COCCN(C(N)=O)c1cc(N)cc(N)c1. The number of nitrogens with zero attached hydrogens (tertiary/aromatic N) is 1. The van der Waals surface area contributed by atoms with E-state index < -0.39 is 6.03 Å². The number of benzene rings is 1. The van der Waals surface area contributed by atoms with Crippen molar-refractivity contribution in [2.45, 2.75) is 0 Å². The van der Waals surface area contributed by atoms with Crippen molar-refractivity contribution in [3.05, 3.63) is 18.2 Å². The molecule has 0 aliphatic heterocycles. The number of hydrogen-bond donors (Lipinski definition) is 3. The number of ether oxygens (including phenoxy) is 1. The predicted octanol–water partition coefficient (Wildman–Crippen LogP) is 0.383. The third-order valence-electron chi connectivity index (χ3n) is 2.06. The lowest BCUT2D eigenvalue weighted by molar-refractivity contribution is 0.203. The van der Waals surface area contributed by atoms with Crippen LogP contribution in [0.2, 0.25) is 0 Å². The van der Waals surface area contributed by atoms with E-state index in [2.05, 4.69) is 0 Å². The van der Waals surface area contributed by atoms with E-state index in [1.807, 2.05) is 0 Å². The Kier molecular flexibility index (Phi) is 3.96. The Hall–Kier alpha value is -1.95. The van der Waals surface area contributed by atoms with Gasteiger partial charge in [-0.15, -0.1) is 0 Å². The molecule has 88 valence electrons. The first-order valence-electron chi connectivity index (χ1n) is 4.76. The van der Waals surface area contributed by atoms with E-state index in [4.69, 9.17) is 21.9 Å². The molecule has 6 nitrogen and oxygen atoms in total. The topological polar surface area (TPSA) is 108 Å². The first-order chi connectivity index (χ1) is 7.54. The first kappa shape index (κ1) is 12.1. The van der Waals surface area contributed by atoms with Crippen LogP contribution in [0.15, 0.2) is 18.2 Å². The molecule has 1 aromatic carbocycles. The Morgan fingerprint density at radius 3 is 2.31 bits per heavy atom. The second kappa shape index (κ2) is 5.22. The maximum absolute atomic E-state index is 11.2. The zero-order valence-corrected chi connectivity index (χ0v) is 9.14. The molecule has 0 bridgehead atoms. The molecule has 0 saturated heterocycles. The summed E-state index contributed by atoms with van der Waals surface area (Å²) in [5, 5.41) is 0. The Bertz CT molecular complexity index is 361. The Balaban J connectivity index is 2.96. The quantitative estimate of drug-likeness (QED) is 0.642. The van der Waals surface area contributed by atoms with Gasteiger partial charge in [-0.2, -0.15) is 0 Å². The van der Waals surface area contributed by atoms with Crippen molar-refractivity contribution in [2.75, 3.05) is 36.6 Å². The van der Waals surface area contributed by atoms with Crippen LogP contribution in [0.25, 0.3) is 0 Å². The van der Waals surface area contributed by atoms with Gasteiger partial charge in [0.05, 0.1) is 13.2 Å². The van der Waals surface area contributed by atoms with Crippen LogP contribution in [0.4, 0.5) is 21.9 Å². The van der Waals surface area contributed by atoms with Gasteiger partial charge in [-0.25, -0.2) is 4.79 Å². The molecule has 0 heterocycles. The largest absolute Gasteiger partial charge is 0.399 e. The number of hydrogen-bond acceptors (Lipinski definition) is 4. The summed E-state index contributed by atoms with van der Waals surface area (Å²) in [5.41, 5.74) is 18.1. The van der Waals surface area contributed by atoms with Gasteiger partial charge < -0.3 is 21.9 Å².